The summed E-state index contributed by atoms with van der Waals surface area (Å²) in [6.45, 7) is 5.51. The Hall–Kier alpha value is -4.69. The molecule has 206 valence electrons. The summed E-state index contributed by atoms with van der Waals surface area (Å²) in [5.41, 5.74) is 1.04. The number of aromatic nitrogens is 2. The molecule has 0 spiro atoms. The molecule has 0 atom stereocenters. The smallest absolute Gasteiger partial charge is 0.359 e. The molecule has 0 saturated carbocycles. The van der Waals surface area contributed by atoms with E-state index in [0.29, 0.717) is 31.7 Å². The van der Waals surface area contributed by atoms with Crippen molar-refractivity contribution in [1.82, 2.24) is 14.5 Å². The van der Waals surface area contributed by atoms with E-state index in [0.717, 1.165) is 11.1 Å². The Morgan fingerprint density at radius 1 is 0.925 bits per heavy atom. The molecular formula is C29H28F2N6O3. The van der Waals surface area contributed by atoms with Crippen molar-refractivity contribution in [3.05, 3.63) is 110 Å². The van der Waals surface area contributed by atoms with E-state index in [4.69, 9.17) is 0 Å². The van der Waals surface area contributed by atoms with Crippen molar-refractivity contribution in [3.63, 3.8) is 0 Å². The number of aryl methyl sites for hydroxylation is 1. The predicted octanol–water partition coefficient (Wildman–Crippen LogP) is 4.93. The van der Waals surface area contributed by atoms with E-state index in [1.807, 2.05) is 19.9 Å². The molecule has 1 aliphatic rings. The second kappa shape index (κ2) is 12.0. The van der Waals surface area contributed by atoms with Crippen LogP contribution in [0.4, 0.5) is 20.2 Å². The molecule has 11 heteroatoms. The third-order valence-corrected chi connectivity index (χ3v) is 6.86. The fourth-order valence-corrected chi connectivity index (χ4v) is 5.01. The van der Waals surface area contributed by atoms with Gasteiger partial charge in [-0.2, -0.15) is 5.26 Å². The van der Waals surface area contributed by atoms with Gasteiger partial charge < -0.3 is 9.47 Å². The Labute approximate surface area is 229 Å². The maximum Gasteiger partial charge on any atom is 0.359 e. The van der Waals surface area contributed by atoms with E-state index in [9.17, 15) is 29.0 Å². The number of fused-ring (bicyclic) bond motifs is 1. The third-order valence-electron chi connectivity index (χ3n) is 6.86. The van der Waals surface area contributed by atoms with Gasteiger partial charge in [0.2, 0.25) is 0 Å². The lowest BCUT2D eigenvalue weighted by Crippen LogP contribution is -2.48. The van der Waals surface area contributed by atoms with Crippen molar-refractivity contribution in [2.75, 3.05) is 31.1 Å². The summed E-state index contributed by atoms with van der Waals surface area (Å²) in [6, 6.07) is 16.9. The molecule has 4 aromatic rings. The van der Waals surface area contributed by atoms with E-state index in [2.05, 4.69) is 9.88 Å². The molecule has 1 saturated heterocycles. The Bertz CT molecular complexity index is 1580. The highest BCUT2D eigenvalue weighted by Crippen LogP contribution is 2.35. The van der Waals surface area contributed by atoms with Gasteiger partial charge in [0, 0.05) is 33.2 Å². The fourth-order valence-electron chi connectivity index (χ4n) is 5.01. The lowest BCUT2D eigenvalue weighted by molar-refractivity contribution is -0.385. The van der Waals surface area contributed by atoms with Crippen molar-refractivity contribution in [2.45, 2.75) is 19.9 Å². The van der Waals surface area contributed by atoms with Crippen LogP contribution in [0.3, 0.4) is 0 Å². The predicted molar refractivity (Wildman–Crippen MR) is 148 cm³/mol. The normalized spacial score (nSPS) is 13.6. The first-order chi connectivity index (χ1) is 19.3. The molecule has 2 aromatic heterocycles. The van der Waals surface area contributed by atoms with E-state index in [1.165, 1.54) is 41.9 Å². The largest absolute Gasteiger partial charge is 0.361 e. The first-order valence-electron chi connectivity index (χ1n) is 12.9. The number of nitrogens with zero attached hydrogens (tertiary/aromatic N) is 6. The van der Waals surface area contributed by atoms with Crippen LogP contribution in [-0.4, -0.2) is 45.6 Å². The van der Waals surface area contributed by atoms with Gasteiger partial charge in [-0.25, -0.2) is 13.8 Å². The Morgan fingerprint density at radius 3 is 1.93 bits per heavy atom. The summed E-state index contributed by atoms with van der Waals surface area (Å²) in [4.78, 5) is 32.5. The van der Waals surface area contributed by atoms with E-state index in [-0.39, 0.29) is 34.6 Å². The molecule has 0 amide bonds. The minimum absolute atomic E-state index is 0.0815. The maximum absolute atomic E-state index is 13.7. The summed E-state index contributed by atoms with van der Waals surface area (Å²) in [5.74, 6) is -0.740. The average Bonchev–Trinajstić information content (AvgIpc) is 2.98. The van der Waals surface area contributed by atoms with Crippen molar-refractivity contribution in [3.8, 4) is 6.07 Å². The minimum Gasteiger partial charge on any atom is -0.361 e. The average molecular weight is 547 g/mol. The van der Waals surface area contributed by atoms with Crippen molar-refractivity contribution >= 4 is 22.4 Å². The van der Waals surface area contributed by atoms with Gasteiger partial charge in [0.15, 0.2) is 5.69 Å². The summed E-state index contributed by atoms with van der Waals surface area (Å²) >= 11 is 0. The number of halogens is 2. The zero-order chi connectivity index (χ0) is 29.0. The number of rotatable bonds is 5. The molecule has 1 fully saturated rings. The topological polar surface area (TPSA) is 108 Å². The molecule has 0 N–H and O–H groups in total. The van der Waals surface area contributed by atoms with Gasteiger partial charge in [-0.3, -0.25) is 19.8 Å². The summed E-state index contributed by atoms with van der Waals surface area (Å²) in [6.07, 6.45) is 0. The quantitative estimate of drug-likeness (QED) is 0.258. The molecule has 2 aromatic carbocycles. The molecule has 0 unspecified atom stereocenters. The van der Waals surface area contributed by atoms with Crippen LogP contribution < -0.4 is 10.5 Å². The van der Waals surface area contributed by atoms with E-state index < -0.39 is 16.2 Å². The molecule has 0 bridgehead atoms. The lowest BCUT2D eigenvalue weighted by atomic mass is 9.96. The zero-order valence-corrected chi connectivity index (χ0v) is 22.3. The molecule has 0 aliphatic carbocycles. The van der Waals surface area contributed by atoms with E-state index in [1.54, 1.807) is 35.2 Å². The Balaban J connectivity index is 0.00000181. The number of nitro groups is 1. The number of hydrogen-bond donors (Lipinski definition) is 0. The molecule has 0 radical (unpaired) electrons. The first-order valence-corrected chi connectivity index (χ1v) is 12.9. The standard InChI is InChI=1S/C27H22F2N6O3.C2H6/c1-32-22-11-10-21(16-30)31-23(22)25(26(27(32)36)35(37)38)34-14-12-33(13-15-34)24(17-2-6-19(28)7-3-17)18-4-8-20(29)9-5-18;1-2/h2-11,24H,12-15H2,1H3;1-2H3. The SMILES string of the molecule is CC.Cn1c(=O)c([N+](=O)[O-])c(N2CCN(C(c3ccc(F)cc3)c3ccc(F)cc3)CC2)c2nc(C#N)ccc21. The van der Waals surface area contributed by atoms with Crippen molar-refractivity contribution in [2.24, 2.45) is 7.05 Å². The maximum atomic E-state index is 13.7. The van der Waals surface area contributed by atoms with Gasteiger partial charge in [-0.1, -0.05) is 38.1 Å². The number of pyridine rings is 2. The zero-order valence-electron chi connectivity index (χ0n) is 22.3. The van der Waals surface area contributed by atoms with Crippen molar-refractivity contribution < 1.29 is 13.7 Å². The van der Waals surface area contributed by atoms with Gasteiger partial charge >= 0.3 is 11.2 Å². The van der Waals surface area contributed by atoms with Gasteiger partial charge in [-0.15, -0.1) is 0 Å². The van der Waals surface area contributed by atoms with Crippen LogP contribution in [0.2, 0.25) is 0 Å². The fraction of sp³-hybridized carbons (Fsp3) is 0.276. The van der Waals surface area contributed by atoms with Crippen LogP contribution in [-0.2, 0) is 7.05 Å². The number of nitriles is 1. The highest BCUT2D eigenvalue weighted by Gasteiger charge is 2.33. The van der Waals surface area contributed by atoms with Crippen LogP contribution >= 0.6 is 0 Å². The number of hydrogen-bond acceptors (Lipinski definition) is 7. The van der Waals surface area contributed by atoms with Crippen LogP contribution in [0.15, 0.2) is 65.5 Å². The molecule has 9 nitrogen and oxygen atoms in total. The van der Waals surface area contributed by atoms with Crippen LogP contribution in [0.25, 0.3) is 11.0 Å². The molecule has 3 heterocycles. The highest BCUT2D eigenvalue weighted by atomic mass is 19.1. The monoisotopic (exact) mass is 546 g/mol. The van der Waals surface area contributed by atoms with Gasteiger partial charge in [0.25, 0.3) is 0 Å². The van der Waals surface area contributed by atoms with Gasteiger partial charge in [-0.05, 0) is 47.5 Å². The number of anilines is 1. The molecule has 40 heavy (non-hydrogen) atoms. The minimum atomic E-state index is -0.762. The Kier molecular flexibility index (Phi) is 8.50. The van der Waals surface area contributed by atoms with Crippen molar-refractivity contribution in [1.29, 1.82) is 5.26 Å². The molecule has 5 rings (SSSR count). The lowest BCUT2D eigenvalue weighted by Gasteiger charge is -2.40. The molecule has 1 aliphatic heterocycles. The van der Waals surface area contributed by atoms with Crippen LogP contribution in [0, 0.1) is 33.1 Å². The second-order valence-electron chi connectivity index (χ2n) is 9.02. The third kappa shape index (κ3) is 5.39. The van der Waals surface area contributed by atoms with E-state index >= 15 is 0 Å². The molecular weight excluding hydrogens is 518 g/mol. The summed E-state index contributed by atoms with van der Waals surface area (Å²) < 4.78 is 28.5. The van der Waals surface area contributed by atoms with Crippen LogP contribution in [0.1, 0.15) is 36.7 Å². The van der Waals surface area contributed by atoms with Gasteiger partial charge in [0.1, 0.15) is 28.9 Å². The van der Waals surface area contributed by atoms with Crippen LogP contribution in [0.5, 0.6) is 0 Å². The first kappa shape index (κ1) is 28.3. The highest BCUT2D eigenvalue weighted by molar-refractivity contribution is 5.94. The van der Waals surface area contributed by atoms with Gasteiger partial charge in [0.05, 0.1) is 16.5 Å². The number of piperazine rings is 1. The second-order valence-corrected chi connectivity index (χ2v) is 9.02. The summed E-state index contributed by atoms with van der Waals surface area (Å²) in [7, 11) is 1.43. The number of benzene rings is 2. The summed E-state index contributed by atoms with van der Waals surface area (Å²) in [5, 5.41) is 21.4. The Morgan fingerprint density at radius 2 is 1.45 bits per heavy atom.